The Kier molecular flexibility index (Phi) is 4.08. The van der Waals surface area contributed by atoms with Gasteiger partial charge in [-0.2, -0.15) is 0 Å². The van der Waals surface area contributed by atoms with Crippen LogP contribution < -0.4 is 5.32 Å². The van der Waals surface area contributed by atoms with Gasteiger partial charge in [0.25, 0.3) is 0 Å². The third-order valence-electron chi connectivity index (χ3n) is 4.02. The molecule has 2 rings (SSSR count). The van der Waals surface area contributed by atoms with Gasteiger partial charge in [0.1, 0.15) is 0 Å². The molecule has 1 N–H and O–H groups in total. The summed E-state index contributed by atoms with van der Waals surface area (Å²) in [7, 11) is 0. The van der Waals surface area contributed by atoms with E-state index in [0.29, 0.717) is 6.04 Å². The molecule has 17 heavy (non-hydrogen) atoms. The Morgan fingerprint density at radius 2 is 1.88 bits per heavy atom. The molecule has 0 spiro atoms. The first-order valence-corrected chi connectivity index (χ1v) is 7.01. The van der Waals surface area contributed by atoms with Crippen LogP contribution in [0.2, 0.25) is 0 Å². The van der Waals surface area contributed by atoms with E-state index in [0.717, 1.165) is 19.4 Å². The van der Waals surface area contributed by atoms with Gasteiger partial charge in [0.05, 0.1) is 5.60 Å². The molecule has 1 heterocycles. The minimum atomic E-state index is -0.132. The molecule has 0 aromatic heterocycles. The highest BCUT2D eigenvalue weighted by Crippen LogP contribution is 2.29. The Bertz CT molecular complexity index is 269. The van der Waals surface area contributed by atoms with Crippen molar-refractivity contribution in [1.82, 2.24) is 5.32 Å². The Labute approximate surface area is 104 Å². The van der Waals surface area contributed by atoms with Gasteiger partial charge in [0.2, 0.25) is 5.91 Å². The van der Waals surface area contributed by atoms with Crippen molar-refractivity contribution in [3.63, 3.8) is 0 Å². The molecule has 1 aliphatic heterocycles. The Morgan fingerprint density at radius 1 is 1.18 bits per heavy atom. The van der Waals surface area contributed by atoms with E-state index in [9.17, 15) is 4.79 Å². The first kappa shape index (κ1) is 12.9. The average molecular weight is 239 g/mol. The van der Waals surface area contributed by atoms with Crippen LogP contribution in [0, 0.1) is 5.92 Å². The van der Waals surface area contributed by atoms with Gasteiger partial charge < -0.3 is 10.1 Å². The predicted molar refractivity (Wildman–Crippen MR) is 67.8 cm³/mol. The lowest BCUT2D eigenvalue weighted by molar-refractivity contribution is -0.136. The molecule has 0 bridgehead atoms. The number of amides is 1. The molecule has 0 radical (unpaired) electrons. The summed E-state index contributed by atoms with van der Waals surface area (Å²) < 4.78 is 5.66. The molecular weight excluding hydrogens is 214 g/mol. The molecule has 1 atom stereocenters. The molecule has 0 aromatic carbocycles. The quantitative estimate of drug-likeness (QED) is 0.804. The maximum atomic E-state index is 12.2. The van der Waals surface area contributed by atoms with Crippen molar-refractivity contribution >= 4 is 5.91 Å². The summed E-state index contributed by atoms with van der Waals surface area (Å²) in [5.41, 5.74) is -0.132. The van der Waals surface area contributed by atoms with Gasteiger partial charge in [-0.3, -0.25) is 4.79 Å². The monoisotopic (exact) mass is 239 g/mol. The van der Waals surface area contributed by atoms with Crippen LogP contribution in [0.1, 0.15) is 58.8 Å². The average Bonchev–Trinajstić information content (AvgIpc) is 2.29. The fraction of sp³-hybridized carbons (Fsp3) is 0.929. The number of carbonyl (C=O) groups is 1. The maximum Gasteiger partial charge on any atom is 0.223 e. The van der Waals surface area contributed by atoms with Crippen LogP contribution in [0.5, 0.6) is 0 Å². The second-order valence-electron chi connectivity index (χ2n) is 6.14. The summed E-state index contributed by atoms with van der Waals surface area (Å²) in [6.45, 7) is 4.87. The number of rotatable bonds is 2. The van der Waals surface area contributed by atoms with Gasteiger partial charge in [-0.1, -0.05) is 19.3 Å². The fourth-order valence-electron chi connectivity index (χ4n) is 3.02. The van der Waals surface area contributed by atoms with Crippen LogP contribution in [-0.2, 0) is 9.53 Å². The normalized spacial score (nSPS) is 29.9. The molecule has 2 aliphatic rings. The van der Waals surface area contributed by atoms with Crippen LogP contribution in [0.15, 0.2) is 0 Å². The van der Waals surface area contributed by atoms with Gasteiger partial charge in [-0.15, -0.1) is 0 Å². The van der Waals surface area contributed by atoms with Crippen molar-refractivity contribution in [2.75, 3.05) is 6.61 Å². The lowest BCUT2D eigenvalue weighted by atomic mass is 9.87. The minimum Gasteiger partial charge on any atom is -0.376 e. The lowest BCUT2D eigenvalue weighted by Gasteiger charge is -2.35. The number of carbonyl (C=O) groups excluding carboxylic acids is 1. The molecule has 3 heteroatoms. The van der Waals surface area contributed by atoms with Gasteiger partial charge in [0, 0.05) is 18.6 Å². The molecule has 3 nitrogen and oxygen atoms in total. The number of hydrogen-bond donors (Lipinski definition) is 1. The van der Waals surface area contributed by atoms with E-state index in [1.165, 1.54) is 32.1 Å². The zero-order valence-electron chi connectivity index (χ0n) is 11.1. The summed E-state index contributed by atoms with van der Waals surface area (Å²) in [6.07, 6.45) is 7.93. The van der Waals surface area contributed by atoms with Crippen molar-refractivity contribution in [2.24, 2.45) is 5.92 Å². The van der Waals surface area contributed by atoms with E-state index in [2.05, 4.69) is 19.2 Å². The van der Waals surface area contributed by atoms with E-state index >= 15 is 0 Å². The van der Waals surface area contributed by atoms with Crippen molar-refractivity contribution in [2.45, 2.75) is 70.4 Å². The molecular formula is C14H25NO2. The van der Waals surface area contributed by atoms with Crippen LogP contribution >= 0.6 is 0 Å². The van der Waals surface area contributed by atoms with Crippen molar-refractivity contribution in [1.29, 1.82) is 0 Å². The van der Waals surface area contributed by atoms with Crippen molar-refractivity contribution in [3.05, 3.63) is 0 Å². The van der Waals surface area contributed by atoms with Crippen LogP contribution in [0.25, 0.3) is 0 Å². The van der Waals surface area contributed by atoms with Gasteiger partial charge in [0.15, 0.2) is 0 Å². The summed E-state index contributed by atoms with van der Waals surface area (Å²) >= 11 is 0. The third kappa shape index (κ3) is 3.70. The summed E-state index contributed by atoms with van der Waals surface area (Å²) in [5, 5.41) is 3.23. The highest BCUT2D eigenvalue weighted by atomic mass is 16.5. The molecule has 1 saturated heterocycles. The minimum absolute atomic E-state index is 0.132. The highest BCUT2D eigenvalue weighted by molar-refractivity contribution is 5.79. The molecule has 1 amide bonds. The van der Waals surface area contributed by atoms with Crippen LogP contribution in [0.4, 0.5) is 0 Å². The summed E-state index contributed by atoms with van der Waals surface area (Å²) in [4.78, 5) is 12.2. The SMILES string of the molecule is CC1(C)C[C@H](C(=O)NC2CCCCC2)CCO1. The van der Waals surface area contributed by atoms with E-state index in [1.54, 1.807) is 0 Å². The zero-order valence-corrected chi connectivity index (χ0v) is 11.1. The third-order valence-corrected chi connectivity index (χ3v) is 4.02. The fourth-order valence-corrected chi connectivity index (χ4v) is 3.02. The second kappa shape index (κ2) is 5.38. The molecule has 1 saturated carbocycles. The van der Waals surface area contributed by atoms with E-state index in [-0.39, 0.29) is 17.4 Å². The summed E-state index contributed by atoms with van der Waals surface area (Å²) in [5.74, 6) is 0.411. The number of nitrogens with one attached hydrogen (secondary N) is 1. The van der Waals surface area contributed by atoms with Crippen molar-refractivity contribution in [3.8, 4) is 0 Å². The van der Waals surface area contributed by atoms with E-state index in [1.807, 2.05) is 0 Å². The first-order valence-electron chi connectivity index (χ1n) is 7.01. The smallest absolute Gasteiger partial charge is 0.223 e. The first-order chi connectivity index (χ1) is 8.07. The highest BCUT2D eigenvalue weighted by Gasteiger charge is 2.33. The Hall–Kier alpha value is -0.570. The molecule has 0 unspecified atom stereocenters. The second-order valence-corrected chi connectivity index (χ2v) is 6.14. The molecule has 98 valence electrons. The predicted octanol–water partition coefficient (Wildman–Crippen LogP) is 2.64. The number of hydrogen-bond acceptors (Lipinski definition) is 2. The number of ether oxygens (including phenoxy) is 1. The van der Waals surface area contributed by atoms with E-state index < -0.39 is 0 Å². The largest absolute Gasteiger partial charge is 0.376 e. The Morgan fingerprint density at radius 3 is 2.53 bits per heavy atom. The topological polar surface area (TPSA) is 38.3 Å². The van der Waals surface area contributed by atoms with Gasteiger partial charge in [-0.25, -0.2) is 0 Å². The Balaban J connectivity index is 1.82. The zero-order chi connectivity index (χ0) is 12.3. The van der Waals surface area contributed by atoms with Crippen molar-refractivity contribution < 1.29 is 9.53 Å². The molecule has 2 fully saturated rings. The van der Waals surface area contributed by atoms with Gasteiger partial charge in [-0.05, 0) is 39.5 Å². The van der Waals surface area contributed by atoms with Crippen LogP contribution in [-0.4, -0.2) is 24.2 Å². The molecule has 1 aliphatic carbocycles. The van der Waals surface area contributed by atoms with Gasteiger partial charge >= 0.3 is 0 Å². The maximum absolute atomic E-state index is 12.2. The summed E-state index contributed by atoms with van der Waals surface area (Å²) in [6, 6.07) is 0.433. The standard InChI is InChI=1S/C14H25NO2/c1-14(2)10-11(8-9-17-14)13(16)15-12-6-4-3-5-7-12/h11-12H,3-10H2,1-2H3,(H,15,16)/t11-/m1/s1. The van der Waals surface area contributed by atoms with Crippen LogP contribution in [0.3, 0.4) is 0 Å². The van der Waals surface area contributed by atoms with E-state index in [4.69, 9.17) is 4.74 Å². The molecule has 0 aromatic rings. The lowest BCUT2D eigenvalue weighted by Crippen LogP contribution is -2.45.